The molecule has 1 heterocycles. The highest BCUT2D eigenvalue weighted by atomic mass is 19.1. The molecule has 2 aliphatic rings. The summed E-state index contributed by atoms with van der Waals surface area (Å²) in [6.45, 7) is 2.26. The number of ketones is 1. The van der Waals surface area contributed by atoms with Gasteiger partial charge in [0.2, 0.25) is 0 Å². The number of pyridine rings is 1. The van der Waals surface area contributed by atoms with Crippen LogP contribution in [0, 0.1) is 17.7 Å². The van der Waals surface area contributed by atoms with Crippen molar-refractivity contribution in [2.75, 3.05) is 0 Å². The van der Waals surface area contributed by atoms with Crippen molar-refractivity contribution < 1.29 is 14.0 Å². The highest BCUT2D eigenvalue weighted by molar-refractivity contribution is 6.02. The lowest BCUT2D eigenvalue weighted by atomic mass is 9.87. The fraction of sp³-hybridized carbons (Fsp3) is 0.343. The minimum Gasteiger partial charge on any atom is -0.349 e. The van der Waals surface area contributed by atoms with Crippen LogP contribution in [0.1, 0.15) is 83.7 Å². The van der Waals surface area contributed by atoms with Gasteiger partial charge < -0.3 is 5.32 Å². The van der Waals surface area contributed by atoms with Crippen LogP contribution in [0.2, 0.25) is 0 Å². The fourth-order valence-corrected chi connectivity index (χ4v) is 5.89. The number of Topliss-reactive ketones (excluding diaryl/α,β-unsaturated/α-hetero) is 1. The molecule has 0 atom stereocenters. The van der Waals surface area contributed by atoms with Gasteiger partial charge in [-0.1, -0.05) is 49.4 Å². The van der Waals surface area contributed by atoms with E-state index >= 15 is 4.39 Å². The largest absolute Gasteiger partial charge is 0.349 e. The summed E-state index contributed by atoms with van der Waals surface area (Å²) >= 11 is 0. The minimum absolute atomic E-state index is 0.0850. The van der Waals surface area contributed by atoms with E-state index in [1.54, 1.807) is 30.5 Å². The van der Waals surface area contributed by atoms with Gasteiger partial charge in [0.15, 0.2) is 5.78 Å². The van der Waals surface area contributed by atoms with Crippen LogP contribution in [0.15, 0.2) is 72.9 Å². The Morgan fingerprint density at radius 3 is 2.35 bits per heavy atom. The Bertz CT molecular complexity index is 1540. The first-order chi connectivity index (χ1) is 19.4. The van der Waals surface area contributed by atoms with Crippen molar-refractivity contribution in [3.63, 3.8) is 0 Å². The lowest BCUT2D eigenvalue weighted by Crippen LogP contribution is -2.37. The third kappa shape index (κ3) is 5.84. The van der Waals surface area contributed by atoms with Gasteiger partial charge in [-0.3, -0.25) is 14.6 Å². The zero-order valence-electron chi connectivity index (χ0n) is 23.0. The summed E-state index contributed by atoms with van der Waals surface area (Å²) in [7, 11) is 0. The first-order valence-electron chi connectivity index (χ1n) is 14.5. The SMILES string of the molecule is CC1CCC(NC(=O)c2ccc(-c3cc4c(Cc5ccccc5)c(C(=O)CC5CC5)cnc4cc3F)cc2)CC1. The van der Waals surface area contributed by atoms with Gasteiger partial charge in [-0.15, -0.1) is 0 Å². The molecule has 4 nitrogen and oxygen atoms in total. The van der Waals surface area contributed by atoms with Gasteiger partial charge >= 0.3 is 0 Å². The van der Waals surface area contributed by atoms with Crippen LogP contribution >= 0.6 is 0 Å². The fourth-order valence-electron chi connectivity index (χ4n) is 5.89. The second-order valence-corrected chi connectivity index (χ2v) is 11.7. The van der Waals surface area contributed by atoms with Crippen molar-refractivity contribution in [2.45, 2.75) is 64.3 Å². The highest BCUT2D eigenvalue weighted by Gasteiger charge is 2.27. The molecule has 2 aliphatic carbocycles. The van der Waals surface area contributed by atoms with E-state index in [1.807, 2.05) is 36.4 Å². The van der Waals surface area contributed by atoms with E-state index in [0.717, 1.165) is 61.0 Å². The molecule has 0 bridgehead atoms. The molecule has 2 saturated carbocycles. The number of aromatic nitrogens is 1. The number of carbonyl (C=O) groups is 2. The summed E-state index contributed by atoms with van der Waals surface area (Å²) in [5.74, 6) is 0.833. The summed E-state index contributed by atoms with van der Waals surface area (Å²) < 4.78 is 15.4. The number of carbonyl (C=O) groups excluding carboxylic acids is 2. The Morgan fingerprint density at radius 1 is 0.925 bits per heavy atom. The standard InChI is InChI=1S/C35H35FN2O2/c1-22-7-15-27(16-8-22)38-35(40)26-13-11-25(12-14-26)28-19-30-29(17-23-5-3-2-4-6-23)31(34(39)18-24-9-10-24)21-37-33(30)20-32(28)36/h2-6,11-14,19-22,24,27H,7-10,15-18H2,1H3,(H,38,40). The van der Waals surface area contributed by atoms with Crippen molar-refractivity contribution >= 4 is 22.6 Å². The number of hydrogen-bond donors (Lipinski definition) is 1. The van der Waals surface area contributed by atoms with Crippen LogP contribution in [-0.4, -0.2) is 22.7 Å². The molecule has 0 radical (unpaired) electrons. The van der Waals surface area contributed by atoms with E-state index < -0.39 is 0 Å². The third-order valence-electron chi connectivity index (χ3n) is 8.57. The van der Waals surface area contributed by atoms with Crippen LogP contribution in [0.25, 0.3) is 22.0 Å². The average Bonchev–Trinajstić information content (AvgIpc) is 3.79. The lowest BCUT2D eigenvalue weighted by molar-refractivity contribution is 0.0921. The van der Waals surface area contributed by atoms with Gasteiger partial charge in [-0.25, -0.2) is 4.39 Å². The van der Waals surface area contributed by atoms with Crippen LogP contribution in [-0.2, 0) is 6.42 Å². The number of hydrogen-bond acceptors (Lipinski definition) is 3. The van der Waals surface area contributed by atoms with Gasteiger partial charge in [0.1, 0.15) is 5.82 Å². The second kappa shape index (κ2) is 11.3. The van der Waals surface area contributed by atoms with E-state index in [0.29, 0.717) is 46.5 Å². The van der Waals surface area contributed by atoms with Crippen LogP contribution in [0.4, 0.5) is 4.39 Å². The third-order valence-corrected chi connectivity index (χ3v) is 8.57. The van der Waals surface area contributed by atoms with E-state index in [-0.39, 0.29) is 23.5 Å². The molecular formula is C35H35FN2O2. The molecule has 3 aromatic carbocycles. The van der Waals surface area contributed by atoms with Crippen molar-refractivity contribution in [1.29, 1.82) is 0 Å². The summed E-state index contributed by atoms with van der Waals surface area (Å²) in [5.41, 5.74) is 4.83. The maximum absolute atomic E-state index is 15.4. The second-order valence-electron chi connectivity index (χ2n) is 11.7. The van der Waals surface area contributed by atoms with Gasteiger partial charge in [0.05, 0.1) is 5.52 Å². The molecule has 6 rings (SSSR count). The molecule has 1 amide bonds. The molecule has 2 fully saturated rings. The molecule has 0 spiro atoms. The molecule has 4 aromatic rings. The zero-order chi connectivity index (χ0) is 27.6. The molecule has 5 heteroatoms. The van der Waals surface area contributed by atoms with Gasteiger partial charge in [0.25, 0.3) is 5.91 Å². The van der Waals surface area contributed by atoms with Gasteiger partial charge in [-0.05, 0) is 91.7 Å². The maximum atomic E-state index is 15.4. The smallest absolute Gasteiger partial charge is 0.251 e. The van der Waals surface area contributed by atoms with Crippen LogP contribution in [0.5, 0.6) is 0 Å². The first kappa shape index (κ1) is 26.4. The highest BCUT2D eigenvalue weighted by Crippen LogP contribution is 2.36. The molecule has 1 N–H and O–H groups in total. The number of nitrogens with zero attached hydrogens (tertiary/aromatic N) is 1. The van der Waals surface area contributed by atoms with Crippen molar-refractivity contribution in [3.8, 4) is 11.1 Å². The first-order valence-corrected chi connectivity index (χ1v) is 14.5. The number of nitrogens with one attached hydrogen (secondary N) is 1. The molecule has 0 aliphatic heterocycles. The van der Waals surface area contributed by atoms with Crippen molar-refractivity contribution in [2.24, 2.45) is 11.8 Å². The van der Waals surface area contributed by atoms with Gasteiger partial charge in [0, 0.05) is 46.8 Å². The molecule has 0 unspecified atom stereocenters. The predicted octanol–water partition coefficient (Wildman–Crippen LogP) is 7.92. The monoisotopic (exact) mass is 534 g/mol. The molecular weight excluding hydrogens is 499 g/mol. The number of amides is 1. The maximum Gasteiger partial charge on any atom is 0.251 e. The summed E-state index contributed by atoms with van der Waals surface area (Å²) in [6.07, 6.45) is 9.23. The van der Waals surface area contributed by atoms with Gasteiger partial charge in [-0.2, -0.15) is 0 Å². The molecule has 204 valence electrons. The van der Waals surface area contributed by atoms with Crippen molar-refractivity contribution in [3.05, 3.63) is 101 Å². The van der Waals surface area contributed by atoms with E-state index in [4.69, 9.17) is 0 Å². The molecule has 0 saturated heterocycles. The Balaban J connectivity index is 1.33. The van der Waals surface area contributed by atoms with E-state index in [9.17, 15) is 9.59 Å². The summed E-state index contributed by atoms with van der Waals surface area (Å²) in [4.78, 5) is 30.7. The summed E-state index contributed by atoms with van der Waals surface area (Å²) in [5, 5.41) is 3.95. The number of fused-ring (bicyclic) bond motifs is 1. The lowest BCUT2D eigenvalue weighted by Gasteiger charge is -2.26. The Labute approximate surface area is 235 Å². The quantitative estimate of drug-likeness (QED) is 0.234. The topological polar surface area (TPSA) is 59.1 Å². The van der Waals surface area contributed by atoms with E-state index in [1.165, 1.54) is 6.07 Å². The predicted molar refractivity (Wildman–Crippen MR) is 157 cm³/mol. The zero-order valence-corrected chi connectivity index (χ0v) is 23.0. The number of halogens is 1. The summed E-state index contributed by atoms with van der Waals surface area (Å²) in [6, 6.07) is 20.7. The van der Waals surface area contributed by atoms with Crippen LogP contribution in [0.3, 0.4) is 0 Å². The molecule has 40 heavy (non-hydrogen) atoms. The normalized spacial score (nSPS) is 18.9. The number of rotatable bonds is 8. The Hall–Kier alpha value is -3.86. The minimum atomic E-state index is -0.378. The average molecular weight is 535 g/mol. The van der Waals surface area contributed by atoms with Crippen LogP contribution < -0.4 is 5.32 Å². The van der Waals surface area contributed by atoms with Crippen molar-refractivity contribution in [1.82, 2.24) is 10.3 Å². The number of benzene rings is 3. The van der Waals surface area contributed by atoms with E-state index in [2.05, 4.69) is 17.2 Å². The Kier molecular flexibility index (Phi) is 7.46. The molecule has 1 aromatic heterocycles. The Morgan fingerprint density at radius 2 is 1.65 bits per heavy atom.